The van der Waals surface area contributed by atoms with E-state index in [1.807, 2.05) is 24.3 Å². The molecule has 3 aromatic rings. The zero-order valence-electron chi connectivity index (χ0n) is 18.2. The van der Waals surface area contributed by atoms with E-state index in [0.717, 1.165) is 44.7 Å². The number of aliphatic hydroxyl groups excluding tert-OH is 1. The smallest absolute Gasteiger partial charge is 0.290 e. The van der Waals surface area contributed by atoms with Crippen LogP contribution in [0.5, 0.6) is 0 Å². The first-order valence-electron chi connectivity index (χ1n) is 11.2. The van der Waals surface area contributed by atoms with Crippen LogP contribution in [0.2, 0.25) is 0 Å². The maximum absolute atomic E-state index is 13.5. The maximum atomic E-state index is 13.5. The van der Waals surface area contributed by atoms with Gasteiger partial charge in [-0.1, -0.05) is 24.3 Å². The number of quaternary nitrogens is 1. The molecule has 1 unspecified atom stereocenters. The van der Waals surface area contributed by atoms with Crippen molar-refractivity contribution in [3.63, 3.8) is 0 Å². The molecule has 0 saturated carbocycles. The maximum Gasteiger partial charge on any atom is 0.290 e. The van der Waals surface area contributed by atoms with E-state index in [9.17, 15) is 14.7 Å². The number of para-hydroxylation sites is 1. The molecule has 0 aliphatic carbocycles. The van der Waals surface area contributed by atoms with Gasteiger partial charge in [-0.05, 0) is 23.8 Å². The number of ketones is 1. The summed E-state index contributed by atoms with van der Waals surface area (Å²) in [6.45, 7) is 4.69. The second-order valence-electron chi connectivity index (χ2n) is 8.39. The van der Waals surface area contributed by atoms with E-state index < -0.39 is 23.5 Å². The van der Waals surface area contributed by atoms with Gasteiger partial charge in [0.15, 0.2) is 11.5 Å². The van der Waals surface area contributed by atoms with E-state index in [2.05, 4.69) is 4.98 Å². The number of pyridine rings is 1. The van der Waals surface area contributed by atoms with Crippen LogP contribution in [0, 0.1) is 0 Å². The molecule has 4 heterocycles. The van der Waals surface area contributed by atoms with Gasteiger partial charge in [-0.25, -0.2) is 0 Å². The highest BCUT2D eigenvalue weighted by Crippen LogP contribution is 2.39. The van der Waals surface area contributed by atoms with Crippen LogP contribution in [-0.4, -0.2) is 66.1 Å². The first-order chi connectivity index (χ1) is 16.1. The minimum absolute atomic E-state index is 0.0331. The molecule has 1 atom stereocenters. The van der Waals surface area contributed by atoms with Crippen molar-refractivity contribution in [3.8, 4) is 0 Å². The molecule has 0 radical (unpaired) electrons. The number of aliphatic hydroxyl groups is 1. The van der Waals surface area contributed by atoms with Crippen molar-refractivity contribution in [3.05, 3.63) is 77.5 Å². The molecule has 2 aliphatic rings. The SMILES string of the molecule is O=C(C1=C(O)C(=O)N(CCC[NH+]2CCOCC2)C1c1cccnc1)c1cc2ccccc2o1. The fourth-order valence-electron chi connectivity index (χ4n) is 4.64. The van der Waals surface area contributed by atoms with Crippen molar-refractivity contribution >= 4 is 22.7 Å². The largest absolute Gasteiger partial charge is 0.503 e. The average molecular weight is 448 g/mol. The Labute approximate surface area is 191 Å². The molecule has 8 heteroatoms. The molecule has 170 valence electrons. The highest BCUT2D eigenvalue weighted by atomic mass is 16.5. The van der Waals surface area contributed by atoms with Crippen LogP contribution in [0.1, 0.15) is 28.6 Å². The molecule has 2 aliphatic heterocycles. The lowest BCUT2D eigenvalue weighted by Crippen LogP contribution is -3.14. The van der Waals surface area contributed by atoms with Crippen molar-refractivity contribution in [1.29, 1.82) is 0 Å². The molecule has 2 N–H and O–H groups in total. The summed E-state index contributed by atoms with van der Waals surface area (Å²) in [5.41, 5.74) is 1.28. The number of benzene rings is 1. The number of hydrogen-bond acceptors (Lipinski definition) is 6. The fraction of sp³-hybridized carbons (Fsp3) is 0.320. The van der Waals surface area contributed by atoms with Crippen LogP contribution in [0.25, 0.3) is 11.0 Å². The summed E-state index contributed by atoms with van der Waals surface area (Å²) in [7, 11) is 0. The van der Waals surface area contributed by atoms with E-state index >= 15 is 0 Å². The Morgan fingerprint density at radius 2 is 2.00 bits per heavy atom. The predicted octanol–water partition coefficient (Wildman–Crippen LogP) is 1.71. The van der Waals surface area contributed by atoms with Gasteiger partial charge in [-0.2, -0.15) is 0 Å². The van der Waals surface area contributed by atoms with Crippen molar-refractivity contribution in [1.82, 2.24) is 9.88 Å². The Bertz CT molecular complexity index is 1160. The molecular weight excluding hydrogens is 422 g/mol. The van der Waals surface area contributed by atoms with Crippen LogP contribution in [-0.2, 0) is 9.53 Å². The third kappa shape index (κ3) is 4.15. The molecule has 1 amide bonds. The molecule has 1 saturated heterocycles. The van der Waals surface area contributed by atoms with Gasteiger partial charge < -0.3 is 24.1 Å². The number of nitrogens with one attached hydrogen (secondary N) is 1. The number of amides is 1. The minimum Gasteiger partial charge on any atom is -0.503 e. The molecule has 33 heavy (non-hydrogen) atoms. The number of nitrogens with zero attached hydrogens (tertiary/aromatic N) is 2. The molecule has 0 bridgehead atoms. The van der Waals surface area contributed by atoms with Crippen molar-refractivity contribution in [2.24, 2.45) is 0 Å². The topological polar surface area (TPSA) is 97.3 Å². The lowest BCUT2D eigenvalue weighted by atomic mass is 9.96. The van der Waals surface area contributed by atoms with Gasteiger partial charge in [0.05, 0.1) is 31.4 Å². The highest BCUT2D eigenvalue weighted by molar-refractivity contribution is 6.15. The zero-order chi connectivity index (χ0) is 22.8. The second kappa shape index (κ2) is 9.17. The number of ether oxygens (including phenoxy) is 1. The molecular formula is C25H26N3O5+. The van der Waals surface area contributed by atoms with Crippen LogP contribution in [0.4, 0.5) is 0 Å². The Balaban J connectivity index is 1.43. The summed E-state index contributed by atoms with van der Waals surface area (Å²) in [5.74, 6) is -1.46. The molecule has 0 spiro atoms. The number of rotatable bonds is 7. The number of carbonyl (C=O) groups excluding carboxylic acids is 2. The van der Waals surface area contributed by atoms with Gasteiger partial charge in [-0.3, -0.25) is 14.6 Å². The van der Waals surface area contributed by atoms with E-state index in [1.165, 1.54) is 4.90 Å². The lowest BCUT2D eigenvalue weighted by Gasteiger charge is -2.28. The number of carbonyl (C=O) groups is 2. The highest BCUT2D eigenvalue weighted by Gasteiger charge is 2.44. The summed E-state index contributed by atoms with van der Waals surface area (Å²) >= 11 is 0. The third-order valence-electron chi connectivity index (χ3n) is 6.33. The van der Waals surface area contributed by atoms with E-state index in [4.69, 9.17) is 9.15 Å². The van der Waals surface area contributed by atoms with E-state index in [1.54, 1.807) is 35.5 Å². The van der Waals surface area contributed by atoms with Gasteiger partial charge in [0.1, 0.15) is 18.7 Å². The summed E-state index contributed by atoms with van der Waals surface area (Å²) in [6.07, 6.45) is 4.01. The molecule has 2 aromatic heterocycles. The van der Waals surface area contributed by atoms with Gasteiger partial charge in [0.25, 0.3) is 5.91 Å². The molecule has 1 aromatic carbocycles. The Morgan fingerprint density at radius 1 is 1.18 bits per heavy atom. The van der Waals surface area contributed by atoms with Crippen molar-refractivity contribution in [2.45, 2.75) is 12.5 Å². The second-order valence-corrected chi connectivity index (χ2v) is 8.39. The number of Topliss-reactive ketones (excluding diaryl/α,β-unsaturated/α-hetero) is 1. The normalized spacial score (nSPS) is 19.6. The Morgan fingerprint density at radius 3 is 2.76 bits per heavy atom. The molecule has 8 nitrogen and oxygen atoms in total. The number of aromatic nitrogens is 1. The zero-order valence-corrected chi connectivity index (χ0v) is 18.2. The number of hydrogen-bond donors (Lipinski definition) is 2. The van der Waals surface area contributed by atoms with Crippen LogP contribution >= 0.6 is 0 Å². The first kappa shape index (κ1) is 21.4. The number of furan rings is 1. The monoisotopic (exact) mass is 448 g/mol. The third-order valence-corrected chi connectivity index (χ3v) is 6.33. The molecule has 5 rings (SSSR count). The number of morpholine rings is 1. The van der Waals surface area contributed by atoms with Crippen LogP contribution in [0.3, 0.4) is 0 Å². The summed E-state index contributed by atoms with van der Waals surface area (Å²) in [6, 6.07) is 11.8. The molecule has 1 fully saturated rings. The Kier molecular flexibility index (Phi) is 5.93. The summed E-state index contributed by atoms with van der Waals surface area (Å²) in [5, 5.41) is 11.6. The Hall–Kier alpha value is -3.49. The standard InChI is InChI=1S/C25H25N3O5/c29-23(20-15-17-5-1-2-7-19(17)33-20)21-22(18-6-3-8-26-16-18)28(25(31)24(21)30)10-4-9-27-11-13-32-14-12-27/h1-3,5-8,15-16,22,30H,4,9-14H2/p+1. The number of fused-ring (bicyclic) bond motifs is 1. The lowest BCUT2D eigenvalue weighted by molar-refractivity contribution is -0.908. The van der Waals surface area contributed by atoms with Gasteiger partial charge in [0, 0.05) is 30.7 Å². The predicted molar refractivity (Wildman–Crippen MR) is 120 cm³/mol. The quantitative estimate of drug-likeness (QED) is 0.534. The van der Waals surface area contributed by atoms with Crippen molar-refractivity contribution < 1.29 is 28.7 Å². The van der Waals surface area contributed by atoms with E-state index in [0.29, 0.717) is 17.7 Å². The van der Waals surface area contributed by atoms with Crippen LogP contribution < -0.4 is 4.90 Å². The average Bonchev–Trinajstić information content (AvgIpc) is 3.40. The van der Waals surface area contributed by atoms with E-state index in [-0.39, 0.29) is 11.3 Å². The summed E-state index contributed by atoms with van der Waals surface area (Å²) < 4.78 is 11.2. The first-order valence-corrected chi connectivity index (χ1v) is 11.2. The minimum atomic E-state index is -0.716. The van der Waals surface area contributed by atoms with Crippen LogP contribution in [0.15, 0.2) is 70.6 Å². The van der Waals surface area contributed by atoms with Gasteiger partial charge in [-0.15, -0.1) is 0 Å². The van der Waals surface area contributed by atoms with Crippen molar-refractivity contribution in [2.75, 3.05) is 39.4 Å². The van der Waals surface area contributed by atoms with Gasteiger partial charge >= 0.3 is 0 Å². The fourth-order valence-corrected chi connectivity index (χ4v) is 4.64. The van der Waals surface area contributed by atoms with Gasteiger partial charge in [0.2, 0.25) is 5.78 Å². The summed E-state index contributed by atoms with van der Waals surface area (Å²) in [4.78, 5) is 33.7.